The van der Waals surface area contributed by atoms with Gasteiger partial charge in [0.25, 0.3) is 0 Å². The maximum Gasteiger partial charge on any atom is 0.241 e. The second-order valence-electron chi connectivity index (χ2n) is 4.36. The maximum absolute atomic E-state index is 11.6. The van der Waals surface area contributed by atoms with Crippen molar-refractivity contribution in [3.05, 3.63) is 30.5 Å². The molecule has 0 aliphatic rings. The molecule has 1 aromatic heterocycles. The van der Waals surface area contributed by atoms with Crippen LogP contribution in [-0.2, 0) is 4.79 Å². The lowest BCUT2D eigenvalue weighted by molar-refractivity contribution is -0.126. The van der Waals surface area contributed by atoms with Crippen LogP contribution in [0, 0.1) is 0 Å². The van der Waals surface area contributed by atoms with E-state index in [4.69, 9.17) is 4.74 Å². The molecule has 0 saturated heterocycles. The minimum absolute atomic E-state index is 0.00157. The standard InChI is InChI=1S/C14H17N3O2/c1-17(2)13(18)9-16-14-11-5-4-6-12(19-3)10(11)7-8-15-14/h4-8H,9H2,1-3H3,(H,15,16). The zero-order chi connectivity index (χ0) is 13.8. The minimum atomic E-state index is 0.00157. The SMILES string of the molecule is COc1cccc2c(NCC(=O)N(C)C)nccc12. The van der Waals surface area contributed by atoms with Crippen molar-refractivity contribution in [3.63, 3.8) is 0 Å². The number of amides is 1. The van der Waals surface area contributed by atoms with E-state index >= 15 is 0 Å². The summed E-state index contributed by atoms with van der Waals surface area (Å²) in [4.78, 5) is 17.4. The summed E-state index contributed by atoms with van der Waals surface area (Å²) in [6.45, 7) is 0.219. The average molecular weight is 259 g/mol. The van der Waals surface area contributed by atoms with Gasteiger partial charge in [0.05, 0.1) is 13.7 Å². The van der Waals surface area contributed by atoms with E-state index in [-0.39, 0.29) is 12.5 Å². The number of hydrogen-bond donors (Lipinski definition) is 1. The van der Waals surface area contributed by atoms with Crippen molar-refractivity contribution in [2.45, 2.75) is 0 Å². The fourth-order valence-electron chi connectivity index (χ4n) is 1.81. The van der Waals surface area contributed by atoms with Crippen LogP contribution < -0.4 is 10.1 Å². The summed E-state index contributed by atoms with van der Waals surface area (Å²) in [6, 6.07) is 7.65. The second-order valence-corrected chi connectivity index (χ2v) is 4.36. The number of aromatic nitrogens is 1. The Kier molecular flexibility index (Phi) is 3.85. The number of rotatable bonds is 4. The Hall–Kier alpha value is -2.30. The molecule has 0 unspecified atom stereocenters. The van der Waals surface area contributed by atoms with Gasteiger partial charge in [-0.05, 0) is 12.1 Å². The van der Waals surface area contributed by atoms with Gasteiger partial charge in [-0.2, -0.15) is 0 Å². The van der Waals surface area contributed by atoms with E-state index in [9.17, 15) is 4.79 Å². The van der Waals surface area contributed by atoms with E-state index in [1.54, 1.807) is 32.3 Å². The number of nitrogens with one attached hydrogen (secondary N) is 1. The quantitative estimate of drug-likeness (QED) is 0.908. The number of nitrogens with zero attached hydrogens (tertiary/aromatic N) is 2. The number of anilines is 1. The van der Waals surface area contributed by atoms with Crippen LogP contribution in [0.5, 0.6) is 5.75 Å². The van der Waals surface area contributed by atoms with Gasteiger partial charge in [0, 0.05) is 31.1 Å². The number of hydrogen-bond acceptors (Lipinski definition) is 4. The van der Waals surface area contributed by atoms with E-state index in [2.05, 4.69) is 10.3 Å². The summed E-state index contributed by atoms with van der Waals surface area (Å²) < 4.78 is 5.32. The molecule has 19 heavy (non-hydrogen) atoms. The first-order valence-electron chi connectivity index (χ1n) is 5.99. The van der Waals surface area contributed by atoms with Gasteiger partial charge >= 0.3 is 0 Å². The highest BCUT2D eigenvalue weighted by molar-refractivity contribution is 5.96. The third kappa shape index (κ3) is 2.76. The molecular formula is C14H17N3O2. The molecule has 0 saturated carbocycles. The molecule has 0 aliphatic heterocycles. The van der Waals surface area contributed by atoms with Gasteiger partial charge < -0.3 is 15.0 Å². The summed E-state index contributed by atoms with van der Waals surface area (Å²) in [5, 5.41) is 4.97. The van der Waals surface area contributed by atoms with E-state index in [1.807, 2.05) is 24.3 Å². The number of methoxy groups -OCH3 is 1. The van der Waals surface area contributed by atoms with Crippen molar-refractivity contribution in [2.75, 3.05) is 33.1 Å². The Balaban J connectivity index is 2.31. The maximum atomic E-state index is 11.6. The van der Waals surface area contributed by atoms with Crippen molar-refractivity contribution in [1.82, 2.24) is 9.88 Å². The number of carbonyl (C=O) groups is 1. The van der Waals surface area contributed by atoms with Crippen molar-refractivity contribution in [2.24, 2.45) is 0 Å². The van der Waals surface area contributed by atoms with Crippen LogP contribution in [-0.4, -0.2) is 43.5 Å². The molecule has 1 aromatic carbocycles. The molecule has 0 atom stereocenters. The molecule has 2 aromatic rings. The van der Waals surface area contributed by atoms with E-state index in [1.165, 1.54) is 0 Å². The Labute approximate surface area is 112 Å². The first kappa shape index (κ1) is 13.1. The highest BCUT2D eigenvalue weighted by Crippen LogP contribution is 2.28. The molecule has 2 rings (SSSR count). The molecule has 5 heteroatoms. The van der Waals surface area contributed by atoms with Crippen LogP contribution in [0.2, 0.25) is 0 Å². The van der Waals surface area contributed by atoms with Gasteiger partial charge in [-0.3, -0.25) is 4.79 Å². The average Bonchev–Trinajstić information content (AvgIpc) is 2.43. The second kappa shape index (κ2) is 5.56. The fourth-order valence-corrected chi connectivity index (χ4v) is 1.81. The zero-order valence-electron chi connectivity index (χ0n) is 11.3. The number of ether oxygens (including phenoxy) is 1. The summed E-state index contributed by atoms with van der Waals surface area (Å²) in [5.74, 6) is 1.48. The van der Waals surface area contributed by atoms with Gasteiger partial charge in [0.1, 0.15) is 11.6 Å². The largest absolute Gasteiger partial charge is 0.496 e. The predicted octanol–water partition coefficient (Wildman–Crippen LogP) is 1.74. The topological polar surface area (TPSA) is 54.5 Å². The van der Waals surface area contributed by atoms with Crippen LogP contribution in [0.3, 0.4) is 0 Å². The lowest BCUT2D eigenvalue weighted by Crippen LogP contribution is -2.28. The van der Waals surface area contributed by atoms with Crippen molar-refractivity contribution < 1.29 is 9.53 Å². The van der Waals surface area contributed by atoms with E-state index < -0.39 is 0 Å². The van der Waals surface area contributed by atoms with Gasteiger partial charge in [0.15, 0.2) is 0 Å². The van der Waals surface area contributed by atoms with Gasteiger partial charge in [-0.25, -0.2) is 4.98 Å². The normalized spacial score (nSPS) is 10.3. The third-order valence-corrected chi connectivity index (χ3v) is 2.89. The van der Waals surface area contributed by atoms with Crippen molar-refractivity contribution in [3.8, 4) is 5.75 Å². The molecule has 0 aliphatic carbocycles. The van der Waals surface area contributed by atoms with Crippen LogP contribution in [0.1, 0.15) is 0 Å². The Morgan fingerprint density at radius 2 is 2.11 bits per heavy atom. The van der Waals surface area contributed by atoms with E-state index in [0.717, 1.165) is 16.5 Å². The highest BCUT2D eigenvalue weighted by Gasteiger charge is 2.08. The molecule has 1 amide bonds. The smallest absolute Gasteiger partial charge is 0.241 e. The molecule has 0 fully saturated rings. The van der Waals surface area contributed by atoms with Crippen LogP contribution >= 0.6 is 0 Å². The number of benzene rings is 1. The number of likely N-dealkylation sites (N-methyl/N-ethyl adjacent to an activating group) is 1. The number of pyridine rings is 1. The zero-order valence-corrected chi connectivity index (χ0v) is 11.3. The number of carbonyl (C=O) groups excluding carboxylic acids is 1. The molecule has 100 valence electrons. The summed E-state index contributed by atoms with van der Waals surface area (Å²) >= 11 is 0. The van der Waals surface area contributed by atoms with Gasteiger partial charge in [-0.15, -0.1) is 0 Å². The molecule has 1 N–H and O–H groups in total. The molecule has 0 radical (unpaired) electrons. The fraction of sp³-hybridized carbons (Fsp3) is 0.286. The van der Waals surface area contributed by atoms with Crippen molar-refractivity contribution in [1.29, 1.82) is 0 Å². The van der Waals surface area contributed by atoms with Crippen LogP contribution in [0.15, 0.2) is 30.5 Å². The van der Waals surface area contributed by atoms with Crippen LogP contribution in [0.4, 0.5) is 5.82 Å². The first-order chi connectivity index (χ1) is 9.13. The monoisotopic (exact) mass is 259 g/mol. The molecule has 0 spiro atoms. The third-order valence-electron chi connectivity index (χ3n) is 2.89. The summed E-state index contributed by atoms with van der Waals surface area (Å²) in [7, 11) is 5.09. The molecular weight excluding hydrogens is 242 g/mol. The van der Waals surface area contributed by atoms with E-state index in [0.29, 0.717) is 5.82 Å². The van der Waals surface area contributed by atoms with Gasteiger partial charge in [-0.1, -0.05) is 12.1 Å². The van der Waals surface area contributed by atoms with Gasteiger partial charge in [0.2, 0.25) is 5.91 Å². The Morgan fingerprint density at radius 3 is 2.79 bits per heavy atom. The minimum Gasteiger partial charge on any atom is -0.496 e. The Morgan fingerprint density at radius 1 is 1.32 bits per heavy atom. The highest BCUT2D eigenvalue weighted by atomic mass is 16.5. The van der Waals surface area contributed by atoms with Crippen LogP contribution in [0.25, 0.3) is 10.8 Å². The summed E-state index contributed by atoms with van der Waals surface area (Å²) in [6.07, 6.45) is 1.70. The predicted molar refractivity (Wildman–Crippen MR) is 75.5 cm³/mol. The summed E-state index contributed by atoms with van der Waals surface area (Å²) in [5.41, 5.74) is 0. The lowest BCUT2D eigenvalue weighted by atomic mass is 10.1. The van der Waals surface area contributed by atoms with Crippen molar-refractivity contribution >= 4 is 22.5 Å². The molecule has 1 heterocycles. The molecule has 0 bridgehead atoms. The Bertz CT molecular complexity index is 596. The first-order valence-corrected chi connectivity index (χ1v) is 5.99. The lowest BCUT2D eigenvalue weighted by Gasteiger charge is -2.13. The molecule has 5 nitrogen and oxygen atoms in total. The number of fused-ring (bicyclic) bond motifs is 1.